The SMILES string of the molecule is CN[C@@](O)(CC(=O)O)C(=O)O. The number of carbonyl (C=O) groups is 2. The summed E-state index contributed by atoms with van der Waals surface area (Å²) in [7, 11) is 1.16. The first-order valence-electron chi connectivity index (χ1n) is 2.79. The van der Waals surface area contributed by atoms with Gasteiger partial charge in [-0.15, -0.1) is 0 Å². The molecule has 0 saturated carbocycles. The van der Waals surface area contributed by atoms with Gasteiger partial charge < -0.3 is 15.3 Å². The molecule has 0 saturated heterocycles. The Morgan fingerprint density at radius 3 is 2.00 bits per heavy atom. The summed E-state index contributed by atoms with van der Waals surface area (Å²) in [6.07, 6.45) is -0.876. The molecule has 0 aromatic carbocycles. The summed E-state index contributed by atoms with van der Waals surface area (Å²) in [5.41, 5.74) is -2.37. The molecule has 64 valence electrons. The van der Waals surface area contributed by atoms with Crippen molar-refractivity contribution >= 4 is 11.9 Å². The molecule has 4 N–H and O–H groups in total. The van der Waals surface area contributed by atoms with Gasteiger partial charge in [0, 0.05) is 0 Å². The number of aliphatic hydroxyl groups is 1. The zero-order chi connectivity index (χ0) is 9.07. The molecular weight excluding hydrogens is 154 g/mol. The number of likely N-dealkylation sites (N-methyl/N-ethyl adjacent to an activating group) is 1. The maximum Gasteiger partial charge on any atom is 0.351 e. The van der Waals surface area contributed by atoms with Gasteiger partial charge in [-0.05, 0) is 7.05 Å². The molecule has 0 fully saturated rings. The molecule has 0 unspecified atom stereocenters. The van der Waals surface area contributed by atoms with Gasteiger partial charge in [0.1, 0.15) is 0 Å². The van der Waals surface area contributed by atoms with Crippen LogP contribution in [0.4, 0.5) is 0 Å². The van der Waals surface area contributed by atoms with Gasteiger partial charge in [0.25, 0.3) is 0 Å². The fraction of sp³-hybridized carbons (Fsp3) is 0.600. The first kappa shape index (κ1) is 9.86. The molecule has 0 aliphatic carbocycles. The number of carboxylic acid groups (broad SMARTS) is 2. The summed E-state index contributed by atoms with van der Waals surface area (Å²) >= 11 is 0. The maximum absolute atomic E-state index is 10.2. The van der Waals surface area contributed by atoms with Crippen LogP contribution in [0.5, 0.6) is 0 Å². The molecule has 0 spiro atoms. The van der Waals surface area contributed by atoms with Gasteiger partial charge in [-0.3, -0.25) is 10.1 Å². The molecule has 0 aliphatic rings. The second-order valence-corrected chi connectivity index (χ2v) is 1.99. The highest BCUT2D eigenvalue weighted by Gasteiger charge is 2.36. The molecule has 0 aromatic heterocycles. The molecule has 6 heteroatoms. The van der Waals surface area contributed by atoms with Crippen molar-refractivity contribution in [1.29, 1.82) is 0 Å². The van der Waals surface area contributed by atoms with E-state index in [2.05, 4.69) is 0 Å². The van der Waals surface area contributed by atoms with Crippen molar-refractivity contribution < 1.29 is 24.9 Å². The van der Waals surface area contributed by atoms with Gasteiger partial charge in [-0.2, -0.15) is 0 Å². The van der Waals surface area contributed by atoms with Crippen LogP contribution in [0.2, 0.25) is 0 Å². The van der Waals surface area contributed by atoms with E-state index >= 15 is 0 Å². The summed E-state index contributed by atoms with van der Waals surface area (Å²) in [5, 5.41) is 27.4. The Morgan fingerprint density at radius 1 is 1.45 bits per heavy atom. The number of carboxylic acids is 2. The molecule has 1 atom stereocenters. The van der Waals surface area contributed by atoms with Crippen LogP contribution in [0.3, 0.4) is 0 Å². The average Bonchev–Trinajstić information content (AvgIpc) is 1.86. The quantitative estimate of drug-likeness (QED) is 0.374. The lowest BCUT2D eigenvalue weighted by atomic mass is 10.1. The van der Waals surface area contributed by atoms with Gasteiger partial charge >= 0.3 is 11.9 Å². The average molecular weight is 163 g/mol. The Bertz CT molecular complexity index is 180. The highest BCUT2D eigenvalue weighted by molar-refractivity contribution is 5.83. The first-order valence-corrected chi connectivity index (χ1v) is 2.79. The number of hydrogen-bond donors (Lipinski definition) is 4. The van der Waals surface area contributed by atoms with Crippen LogP contribution >= 0.6 is 0 Å². The molecule has 0 bridgehead atoms. The van der Waals surface area contributed by atoms with Crippen molar-refractivity contribution in [2.24, 2.45) is 0 Å². The van der Waals surface area contributed by atoms with Crippen LogP contribution in [-0.2, 0) is 9.59 Å². The van der Waals surface area contributed by atoms with Crippen LogP contribution in [0.1, 0.15) is 6.42 Å². The van der Waals surface area contributed by atoms with Crippen LogP contribution < -0.4 is 5.32 Å². The van der Waals surface area contributed by atoms with Gasteiger partial charge in [-0.1, -0.05) is 0 Å². The van der Waals surface area contributed by atoms with E-state index < -0.39 is 24.1 Å². The van der Waals surface area contributed by atoms with E-state index in [1.807, 2.05) is 5.32 Å². The standard InChI is InChI=1S/C5H9NO5/c1-6-5(11,4(9)10)2-3(7)8/h6,11H,2H2,1H3,(H,7,8)(H,9,10)/t5-/m1/s1. The number of rotatable bonds is 4. The summed E-state index contributed by atoms with van der Waals surface area (Å²) in [5.74, 6) is -2.99. The van der Waals surface area contributed by atoms with Crippen molar-refractivity contribution in [1.82, 2.24) is 5.32 Å². The monoisotopic (exact) mass is 163 g/mol. The minimum absolute atomic E-state index is 0.876. The molecule has 0 radical (unpaired) electrons. The summed E-state index contributed by atoms with van der Waals surface area (Å²) in [6, 6.07) is 0. The highest BCUT2D eigenvalue weighted by atomic mass is 16.4. The summed E-state index contributed by atoms with van der Waals surface area (Å²) in [4.78, 5) is 20.2. The van der Waals surface area contributed by atoms with Crippen molar-refractivity contribution in [3.8, 4) is 0 Å². The third-order valence-electron chi connectivity index (χ3n) is 1.17. The largest absolute Gasteiger partial charge is 0.481 e. The fourth-order valence-electron chi connectivity index (χ4n) is 0.490. The van der Waals surface area contributed by atoms with E-state index in [4.69, 9.17) is 15.3 Å². The molecule has 0 aromatic rings. The zero-order valence-electron chi connectivity index (χ0n) is 5.87. The maximum atomic E-state index is 10.2. The van der Waals surface area contributed by atoms with Gasteiger partial charge in [0.15, 0.2) is 0 Å². The summed E-state index contributed by atoms with van der Waals surface area (Å²) < 4.78 is 0. The molecule has 0 heterocycles. The molecule has 0 rings (SSSR count). The molecule has 6 nitrogen and oxygen atoms in total. The van der Waals surface area contributed by atoms with E-state index in [0.717, 1.165) is 7.05 Å². The van der Waals surface area contributed by atoms with Gasteiger partial charge in [-0.25, -0.2) is 4.79 Å². The van der Waals surface area contributed by atoms with E-state index in [1.165, 1.54) is 0 Å². The fourth-order valence-corrected chi connectivity index (χ4v) is 0.490. The third kappa shape index (κ3) is 2.52. The van der Waals surface area contributed by atoms with Gasteiger partial charge in [0.2, 0.25) is 5.72 Å². The van der Waals surface area contributed by atoms with E-state index in [1.54, 1.807) is 0 Å². The Morgan fingerprint density at radius 2 is 1.91 bits per heavy atom. The normalized spacial score (nSPS) is 15.5. The second kappa shape index (κ2) is 3.31. The lowest BCUT2D eigenvalue weighted by Gasteiger charge is -2.19. The summed E-state index contributed by atoms with van der Waals surface area (Å²) in [6.45, 7) is 0. The van der Waals surface area contributed by atoms with Crippen molar-refractivity contribution in [3.05, 3.63) is 0 Å². The number of hydrogen-bond acceptors (Lipinski definition) is 4. The molecular formula is C5H9NO5. The van der Waals surface area contributed by atoms with E-state index in [0.29, 0.717) is 0 Å². The molecule has 11 heavy (non-hydrogen) atoms. The predicted octanol–water partition coefficient (Wildman–Crippen LogP) is -1.55. The van der Waals surface area contributed by atoms with Crippen molar-refractivity contribution in [2.75, 3.05) is 7.05 Å². The first-order chi connectivity index (χ1) is 4.92. The Kier molecular flexibility index (Phi) is 2.97. The molecule has 0 amide bonds. The zero-order valence-corrected chi connectivity index (χ0v) is 5.87. The Balaban J connectivity index is 4.34. The number of nitrogens with one attached hydrogen (secondary N) is 1. The molecule has 0 aliphatic heterocycles. The predicted molar refractivity (Wildman–Crippen MR) is 33.9 cm³/mol. The van der Waals surface area contributed by atoms with Crippen molar-refractivity contribution in [3.63, 3.8) is 0 Å². The lowest BCUT2D eigenvalue weighted by molar-refractivity contribution is -0.168. The lowest BCUT2D eigenvalue weighted by Crippen LogP contribution is -2.51. The van der Waals surface area contributed by atoms with E-state index in [9.17, 15) is 9.59 Å². The van der Waals surface area contributed by atoms with Crippen LogP contribution in [0, 0.1) is 0 Å². The van der Waals surface area contributed by atoms with Crippen molar-refractivity contribution in [2.45, 2.75) is 12.1 Å². The second-order valence-electron chi connectivity index (χ2n) is 1.99. The Labute approximate surface area is 62.5 Å². The minimum atomic E-state index is -2.37. The highest BCUT2D eigenvalue weighted by Crippen LogP contribution is 2.04. The van der Waals surface area contributed by atoms with Crippen LogP contribution in [0.25, 0.3) is 0 Å². The third-order valence-corrected chi connectivity index (χ3v) is 1.17. The Hall–Kier alpha value is -1.14. The number of aliphatic carboxylic acids is 2. The smallest absolute Gasteiger partial charge is 0.351 e. The minimum Gasteiger partial charge on any atom is -0.481 e. The van der Waals surface area contributed by atoms with E-state index in [-0.39, 0.29) is 0 Å². The van der Waals surface area contributed by atoms with Crippen LogP contribution in [0.15, 0.2) is 0 Å². The topological polar surface area (TPSA) is 107 Å². The van der Waals surface area contributed by atoms with Crippen LogP contribution in [-0.4, -0.2) is 40.0 Å². The van der Waals surface area contributed by atoms with Gasteiger partial charge in [0.05, 0.1) is 6.42 Å².